The van der Waals surface area contributed by atoms with Gasteiger partial charge in [0.2, 0.25) is 6.10 Å². The van der Waals surface area contributed by atoms with Gasteiger partial charge in [0.05, 0.1) is 17.6 Å². The molecule has 0 radical (unpaired) electrons. The Morgan fingerprint density at radius 3 is 2.42 bits per heavy atom. The lowest BCUT2D eigenvalue weighted by atomic mass is 10.1. The molecule has 0 unspecified atom stereocenters. The fourth-order valence-corrected chi connectivity index (χ4v) is 1.99. The molecule has 0 spiro atoms. The molecule has 2 aromatic rings. The molecule has 8 heteroatoms. The number of carbonyl (C=O) groups is 2. The number of nitrogen functional groups attached to an aromatic ring is 1. The summed E-state index contributed by atoms with van der Waals surface area (Å²) in [5.41, 5.74) is 5.31. The minimum absolute atomic E-state index is 0.0795. The fourth-order valence-electron chi connectivity index (χ4n) is 1.99. The van der Waals surface area contributed by atoms with Crippen molar-refractivity contribution in [2.24, 2.45) is 0 Å². The van der Waals surface area contributed by atoms with Gasteiger partial charge in [-0.25, -0.2) is 9.59 Å². The second-order valence-corrected chi connectivity index (χ2v) is 4.75. The second kappa shape index (κ2) is 7.23. The number of hydrogen-bond acceptors (Lipinski definition) is 7. The van der Waals surface area contributed by atoms with Gasteiger partial charge in [-0.1, -0.05) is 30.3 Å². The Bertz CT molecular complexity index is 775. The van der Waals surface area contributed by atoms with E-state index in [1.807, 2.05) is 0 Å². The maximum Gasteiger partial charge on any atom is 0.351 e. The van der Waals surface area contributed by atoms with Crippen LogP contribution in [0.3, 0.4) is 0 Å². The number of benzene rings is 2. The molecule has 24 heavy (non-hydrogen) atoms. The molecule has 2 rings (SSSR count). The van der Waals surface area contributed by atoms with Crippen molar-refractivity contribution in [2.75, 3.05) is 12.8 Å². The number of nitro groups is 1. The highest BCUT2D eigenvalue weighted by molar-refractivity contribution is 5.93. The third-order valence-corrected chi connectivity index (χ3v) is 3.21. The summed E-state index contributed by atoms with van der Waals surface area (Å²) in [6, 6.07) is 11.8. The van der Waals surface area contributed by atoms with Crippen molar-refractivity contribution < 1.29 is 24.0 Å². The lowest BCUT2D eigenvalue weighted by Gasteiger charge is -2.16. The van der Waals surface area contributed by atoms with Crippen LogP contribution in [0.1, 0.15) is 22.0 Å². The van der Waals surface area contributed by atoms with Crippen molar-refractivity contribution in [3.05, 3.63) is 69.8 Å². The minimum Gasteiger partial charge on any atom is -0.466 e. The Morgan fingerprint density at radius 1 is 1.17 bits per heavy atom. The Morgan fingerprint density at radius 2 is 1.83 bits per heavy atom. The van der Waals surface area contributed by atoms with E-state index in [0.29, 0.717) is 5.56 Å². The van der Waals surface area contributed by atoms with Crippen LogP contribution in [0.4, 0.5) is 11.4 Å². The van der Waals surface area contributed by atoms with Gasteiger partial charge in [0.25, 0.3) is 5.69 Å². The van der Waals surface area contributed by atoms with Gasteiger partial charge in [0.1, 0.15) is 5.69 Å². The molecule has 1 atom stereocenters. The van der Waals surface area contributed by atoms with Crippen LogP contribution >= 0.6 is 0 Å². The van der Waals surface area contributed by atoms with E-state index in [-0.39, 0.29) is 11.3 Å². The van der Waals surface area contributed by atoms with Gasteiger partial charge >= 0.3 is 11.9 Å². The van der Waals surface area contributed by atoms with Gasteiger partial charge in [-0.05, 0) is 12.1 Å². The Balaban J connectivity index is 2.30. The smallest absolute Gasteiger partial charge is 0.351 e. The molecule has 0 amide bonds. The summed E-state index contributed by atoms with van der Waals surface area (Å²) in [5, 5.41) is 10.9. The monoisotopic (exact) mass is 330 g/mol. The highest BCUT2D eigenvalue weighted by atomic mass is 16.6. The molecule has 8 nitrogen and oxygen atoms in total. The third kappa shape index (κ3) is 3.67. The number of anilines is 1. The number of ether oxygens (including phenoxy) is 2. The van der Waals surface area contributed by atoms with Crippen LogP contribution in [0.25, 0.3) is 0 Å². The van der Waals surface area contributed by atoms with Crippen molar-refractivity contribution >= 4 is 23.3 Å². The van der Waals surface area contributed by atoms with Crippen LogP contribution in [0, 0.1) is 10.1 Å². The predicted molar refractivity (Wildman–Crippen MR) is 84.1 cm³/mol. The van der Waals surface area contributed by atoms with Crippen molar-refractivity contribution in [3.63, 3.8) is 0 Å². The lowest BCUT2D eigenvalue weighted by Crippen LogP contribution is -2.21. The summed E-state index contributed by atoms with van der Waals surface area (Å²) < 4.78 is 9.81. The largest absolute Gasteiger partial charge is 0.466 e. The maximum absolute atomic E-state index is 12.2. The molecule has 2 N–H and O–H groups in total. The standard InChI is InChI=1S/C16H14N2O6/c1-23-16(20)14(10-5-3-2-4-6-10)24-15(19)11-7-8-12(17)13(9-11)18(21)22/h2-9,14H,17H2,1H3/t14-/m0/s1. The minimum atomic E-state index is -1.28. The van der Waals surface area contributed by atoms with E-state index in [4.69, 9.17) is 10.5 Å². The van der Waals surface area contributed by atoms with Gasteiger partial charge in [0.15, 0.2) is 0 Å². The first-order valence-electron chi connectivity index (χ1n) is 6.81. The van der Waals surface area contributed by atoms with Gasteiger partial charge in [-0.2, -0.15) is 0 Å². The van der Waals surface area contributed by atoms with E-state index < -0.39 is 28.7 Å². The number of nitrogens with zero attached hydrogens (tertiary/aromatic N) is 1. The molecular weight excluding hydrogens is 316 g/mol. The maximum atomic E-state index is 12.2. The van der Waals surface area contributed by atoms with Crippen LogP contribution in [-0.4, -0.2) is 24.0 Å². The van der Waals surface area contributed by atoms with Gasteiger partial charge in [-0.3, -0.25) is 10.1 Å². The molecular formula is C16H14N2O6. The number of rotatable bonds is 5. The molecule has 0 saturated heterocycles. The van der Waals surface area contributed by atoms with Crippen molar-refractivity contribution in [3.8, 4) is 0 Å². The van der Waals surface area contributed by atoms with E-state index in [2.05, 4.69) is 4.74 Å². The normalized spacial score (nSPS) is 11.4. The van der Waals surface area contributed by atoms with Crippen molar-refractivity contribution in [2.45, 2.75) is 6.10 Å². The highest BCUT2D eigenvalue weighted by Crippen LogP contribution is 2.25. The summed E-state index contributed by atoms with van der Waals surface area (Å²) in [6.07, 6.45) is -1.28. The first-order chi connectivity index (χ1) is 11.4. The third-order valence-electron chi connectivity index (χ3n) is 3.21. The molecule has 0 saturated carbocycles. The average molecular weight is 330 g/mol. The molecule has 124 valence electrons. The Kier molecular flexibility index (Phi) is 5.10. The summed E-state index contributed by atoms with van der Waals surface area (Å²) in [7, 11) is 1.17. The zero-order chi connectivity index (χ0) is 17.7. The zero-order valence-corrected chi connectivity index (χ0v) is 12.7. The number of esters is 2. The summed E-state index contributed by atoms with van der Waals surface area (Å²) in [5.74, 6) is -1.67. The Labute approximate surface area is 136 Å². The van der Waals surface area contributed by atoms with Crippen molar-refractivity contribution in [1.82, 2.24) is 0 Å². The second-order valence-electron chi connectivity index (χ2n) is 4.75. The number of nitro benzene ring substituents is 1. The van der Waals surface area contributed by atoms with Crippen LogP contribution in [-0.2, 0) is 14.3 Å². The first-order valence-corrected chi connectivity index (χ1v) is 6.81. The zero-order valence-electron chi connectivity index (χ0n) is 12.7. The summed E-state index contributed by atoms with van der Waals surface area (Å²) in [6.45, 7) is 0. The number of nitrogens with two attached hydrogens (primary N) is 1. The molecule has 0 aliphatic rings. The molecule has 0 heterocycles. The summed E-state index contributed by atoms with van der Waals surface area (Å²) >= 11 is 0. The quantitative estimate of drug-likeness (QED) is 0.386. The molecule has 0 fully saturated rings. The SMILES string of the molecule is COC(=O)[C@@H](OC(=O)c1ccc(N)c([N+](=O)[O-])c1)c1ccccc1. The lowest BCUT2D eigenvalue weighted by molar-refractivity contribution is -0.383. The van der Waals surface area contributed by atoms with E-state index in [1.165, 1.54) is 19.2 Å². The number of hydrogen-bond donors (Lipinski definition) is 1. The van der Waals surface area contributed by atoms with Crippen LogP contribution in [0.15, 0.2) is 48.5 Å². The molecule has 0 aliphatic heterocycles. The van der Waals surface area contributed by atoms with E-state index in [0.717, 1.165) is 6.07 Å². The Hall–Kier alpha value is -3.42. The van der Waals surface area contributed by atoms with Gasteiger partial charge < -0.3 is 15.2 Å². The average Bonchev–Trinajstić information content (AvgIpc) is 2.59. The van der Waals surface area contributed by atoms with Gasteiger partial charge in [-0.15, -0.1) is 0 Å². The molecule has 0 bridgehead atoms. The predicted octanol–water partition coefficient (Wildman–Crippen LogP) is 2.25. The highest BCUT2D eigenvalue weighted by Gasteiger charge is 2.27. The van der Waals surface area contributed by atoms with Gasteiger partial charge in [0, 0.05) is 11.6 Å². The van der Waals surface area contributed by atoms with E-state index in [9.17, 15) is 19.7 Å². The first kappa shape index (κ1) is 16.9. The van der Waals surface area contributed by atoms with E-state index >= 15 is 0 Å². The van der Waals surface area contributed by atoms with Crippen molar-refractivity contribution in [1.29, 1.82) is 0 Å². The van der Waals surface area contributed by atoms with Crippen LogP contribution in [0.2, 0.25) is 0 Å². The summed E-state index contributed by atoms with van der Waals surface area (Å²) in [4.78, 5) is 34.3. The van der Waals surface area contributed by atoms with E-state index in [1.54, 1.807) is 30.3 Å². The van der Waals surface area contributed by atoms with Crippen LogP contribution < -0.4 is 5.73 Å². The molecule has 2 aromatic carbocycles. The molecule has 0 aromatic heterocycles. The number of carbonyl (C=O) groups excluding carboxylic acids is 2. The van der Waals surface area contributed by atoms with Crippen LogP contribution in [0.5, 0.6) is 0 Å². The molecule has 0 aliphatic carbocycles. The fraction of sp³-hybridized carbons (Fsp3) is 0.125. The number of methoxy groups -OCH3 is 1. The topological polar surface area (TPSA) is 122 Å².